The maximum atomic E-state index is 12.3. The Labute approximate surface area is 152 Å². The summed E-state index contributed by atoms with van der Waals surface area (Å²) < 4.78 is 3.96. The van der Waals surface area contributed by atoms with Crippen LogP contribution in [0.15, 0.2) is 36.8 Å². The molecule has 7 heteroatoms. The highest BCUT2D eigenvalue weighted by molar-refractivity contribution is 5.79. The fourth-order valence-corrected chi connectivity index (χ4v) is 3.94. The Morgan fingerprint density at radius 2 is 2.15 bits per heavy atom. The molecule has 1 aliphatic rings. The Bertz CT molecular complexity index is 943. The largest absolute Gasteiger partial charge is 0.338 e. The molecule has 3 aromatic heterocycles. The van der Waals surface area contributed by atoms with Crippen molar-refractivity contribution in [3.63, 3.8) is 0 Å². The summed E-state index contributed by atoms with van der Waals surface area (Å²) in [6.45, 7) is 3.57. The molecular weight excluding hydrogens is 328 g/mol. The van der Waals surface area contributed by atoms with Crippen LogP contribution in [0, 0.1) is 12.8 Å². The second kappa shape index (κ2) is 6.57. The normalized spacial score (nSPS) is 20.4. The number of amides is 1. The molecule has 0 bridgehead atoms. The molecule has 3 aromatic rings. The zero-order valence-corrected chi connectivity index (χ0v) is 15.4. The van der Waals surface area contributed by atoms with Crippen molar-refractivity contribution in [2.45, 2.75) is 25.9 Å². The molecule has 0 spiro atoms. The Hall–Kier alpha value is -2.67. The lowest BCUT2D eigenvalue weighted by Gasteiger charge is -2.25. The number of hydrogen-bond acceptors (Lipinski definition) is 4. The predicted molar refractivity (Wildman–Crippen MR) is 98.5 cm³/mol. The highest BCUT2D eigenvalue weighted by Gasteiger charge is 2.39. The van der Waals surface area contributed by atoms with Gasteiger partial charge < -0.3 is 14.6 Å². The van der Waals surface area contributed by atoms with Crippen molar-refractivity contribution in [2.24, 2.45) is 13.0 Å². The average Bonchev–Trinajstić information content (AvgIpc) is 3.30. The maximum absolute atomic E-state index is 12.3. The summed E-state index contributed by atoms with van der Waals surface area (Å²) in [4.78, 5) is 18.5. The summed E-state index contributed by atoms with van der Waals surface area (Å²) in [5.74, 6) is 0.430. The van der Waals surface area contributed by atoms with Crippen LogP contribution in [0.2, 0.25) is 0 Å². The van der Waals surface area contributed by atoms with Gasteiger partial charge in [0, 0.05) is 68.9 Å². The quantitative estimate of drug-likeness (QED) is 0.759. The van der Waals surface area contributed by atoms with E-state index in [1.54, 1.807) is 0 Å². The third-order valence-electron chi connectivity index (χ3n) is 5.51. The number of nitrogens with zero attached hydrogens (tertiary/aromatic N) is 5. The summed E-state index contributed by atoms with van der Waals surface area (Å²) in [6.07, 6.45) is 6.25. The van der Waals surface area contributed by atoms with E-state index in [9.17, 15) is 4.79 Å². The number of imidazole rings is 1. The monoisotopic (exact) mass is 352 g/mol. The summed E-state index contributed by atoms with van der Waals surface area (Å²) in [7, 11) is 3.83. The van der Waals surface area contributed by atoms with Crippen molar-refractivity contribution >= 4 is 11.6 Å². The molecule has 0 radical (unpaired) electrons. The Morgan fingerprint density at radius 3 is 2.92 bits per heavy atom. The Kier molecular flexibility index (Phi) is 4.24. The van der Waals surface area contributed by atoms with E-state index >= 15 is 0 Å². The number of pyridine rings is 1. The molecule has 1 amide bonds. The van der Waals surface area contributed by atoms with Gasteiger partial charge >= 0.3 is 0 Å². The first kappa shape index (κ1) is 16.8. The van der Waals surface area contributed by atoms with Crippen LogP contribution in [-0.4, -0.2) is 43.6 Å². The topological polar surface area (TPSA) is 67.5 Å². The summed E-state index contributed by atoms with van der Waals surface area (Å²) in [6, 6.07) is 6.19. The first-order valence-electron chi connectivity index (χ1n) is 8.92. The molecule has 1 aliphatic heterocycles. The summed E-state index contributed by atoms with van der Waals surface area (Å²) in [5.41, 5.74) is 4.37. The molecule has 4 rings (SSSR count). The van der Waals surface area contributed by atoms with Crippen molar-refractivity contribution in [3.05, 3.63) is 53.7 Å². The number of likely N-dealkylation sites (tertiary alicyclic amines) is 1. The van der Waals surface area contributed by atoms with Crippen molar-refractivity contribution in [1.29, 1.82) is 0 Å². The van der Waals surface area contributed by atoms with Crippen molar-refractivity contribution < 1.29 is 4.79 Å². The molecule has 1 saturated heterocycles. The van der Waals surface area contributed by atoms with Crippen molar-refractivity contribution in [1.82, 2.24) is 29.4 Å². The van der Waals surface area contributed by atoms with Crippen LogP contribution in [0.5, 0.6) is 0 Å². The van der Waals surface area contributed by atoms with Crippen LogP contribution >= 0.6 is 0 Å². The highest BCUT2D eigenvalue weighted by Crippen LogP contribution is 2.37. The average molecular weight is 352 g/mol. The van der Waals surface area contributed by atoms with Gasteiger partial charge in [0.2, 0.25) is 5.91 Å². The number of aryl methyl sites for hydroxylation is 1. The van der Waals surface area contributed by atoms with Gasteiger partial charge in [0.25, 0.3) is 0 Å². The molecule has 0 aromatic carbocycles. The number of carbonyl (C=O) groups excluding carboxylic acids is 1. The van der Waals surface area contributed by atoms with Gasteiger partial charge in [-0.2, -0.15) is 5.10 Å². The van der Waals surface area contributed by atoms with Crippen LogP contribution in [0.25, 0.3) is 5.65 Å². The van der Waals surface area contributed by atoms with Gasteiger partial charge in [0.05, 0.1) is 12.2 Å². The predicted octanol–water partition coefficient (Wildman–Crippen LogP) is 1.69. The number of aromatic nitrogens is 4. The minimum Gasteiger partial charge on any atom is -0.338 e. The standard InChI is InChI=1S/C19H24N6O/c1-13-16(12-22-24(13)3)19-14(9-18(26)23(19)2)10-20-11-15-5-4-6-17-21-7-8-25(15)17/h4-8,12,14,19-20H,9-11H2,1-3H3/t14-,19+/m0/s1. The molecule has 136 valence electrons. The molecule has 1 N–H and O–H groups in total. The first-order valence-corrected chi connectivity index (χ1v) is 8.92. The van der Waals surface area contributed by atoms with Gasteiger partial charge in [-0.1, -0.05) is 6.07 Å². The third-order valence-corrected chi connectivity index (χ3v) is 5.51. The lowest BCUT2D eigenvalue weighted by atomic mass is 9.94. The van der Waals surface area contributed by atoms with Crippen molar-refractivity contribution in [3.8, 4) is 0 Å². The number of rotatable bonds is 5. The Morgan fingerprint density at radius 1 is 1.31 bits per heavy atom. The van der Waals surface area contributed by atoms with Gasteiger partial charge in [0.15, 0.2) is 0 Å². The minimum absolute atomic E-state index is 0.0766. The molecule has 0 saturated carbocycles. The molecular formula is C19H24N6O. The lowest BCUT2D eigenvalue weighted by molar-refractivity contribution is -0.127. The van der Waals surface area contributed by atoms with Gasteiger partial charge in [-0.05, 0) is 19.1 Å². The minimum atomic E-state index is 0.0766. The number of hydrogen-bond donors (Lipinski definition) is 1. The van der Waals surface area contributed by atoms with Gasteiger partial charge in [-0.25, -0.2) is 4.98 Å². The molecule has 1 fully saturated rings. The SMILES string of the molecule is Cc1c([C@H]2[C@H](CNCc3cccc4nccn34)CC(=O)N2C)cnn1C. The van der Waals surface area contributed by atoms with E-state index in [4.69, 9.17) is 0 Å². The number of fused-ring (bicyclic) bond motifs is 1. The van der Waals surface area contributed by atoms with Crippen LogP contribution in [0.3, 0.4) is 0 Å². The molecule has 0 unspecified atom stereocenters. The van der Waals surface area contributed by atoms with E-state index in [0.29, 0.717) is 6.42 Å². The van der Waals surface area contributed by atoms with E-state index in [-0.39, 0.29) is 17.9 Å². The molecule has 26 heavy (non-hydrogen) atoms. The summed E-state index contributed by atoms with van der Waals surface area (Å²) in [5, 5.41) is 7.90. The zero-order valence-electron chi connectivity index (χ0n) is 15.4. The van der Waals surface area contributed by atoms with Gasteiger partial charge in [-0.15, -0.1) is 0 Å². The molecule has 4 heterocycles. The Balaban J connectivity index is 1.49. The molecule has 0 aliphatic carbocycles. The molecule has 7 nitrogen and oxygen atoms in total. The van der Waals surface area contributed by atoms with Crippen LogP contribution in [-0.2, 0) is 18.4 Å². The van der Waals surface area contributed by atoms with E-state index < -0.39 is 0 Å². The zero-order chi connectivity index (χ0) is 18.3. The first-order chi connectivity index (χ1) is 12.6. The van der Waals surface area contributed by atoms with E-state index in [1.165, 1.54) is 0 Å². The van der Waals surface area contributed by atoms with Crippen LogP contribution in [0.1, 0.15) is 29.4 Å². The summed E-state index contributed by atoms with van der Waals surface area (Å²) >= 11 is 0. The smallest absolute Gasteiger partial charge is 0.223 e. The fraction of sp³-hybridized carbons (Fsp3) is 0.421. The van der Waals surface area contributed by atoms with E-state index in [1.807, 2.05) is 54.4 Å². The van der Waals surface area contributed by atoms with Crippen molar-refractivity contribution in [2.75, 3.05) is 13.6 Å². The third kappa shape index (κ3) is 2.78. The number of nitrogens with one attached hydrogen (secondary N) is 1. The second-order valence-electron chi connectivity index (χ2n) is 7.03. The van der Waals surface area contributed by atoms with E-state index in [2.05, 4.69) is 32.8 Å². The maximum Gasteiger partial charge on any atom is 0.223 e. The number of carbonyl (C=O) groups is 1. The lowest BCUT2D eigenvalue weighted by Crippen LogP contribution is -2.29. The van der Waals surface area contributed by atoms with E-state index in [0.717, 1.165) is 35.7 Å². The second-order valence-corrected chi connectivity index (χ2v) is 7.03. The van der Waals surface area contributed by atoms with Crippen LogP contribution < -0.4 is 5.32 Å². The van der Waals surface area contributed by atoms with Gasteiger partial charge in [0.1, 0.15) is 5.65 Å². The van der Waals surface area contributed by atoms with Crippen LogP contribution in [0.4, 0.5) is 0 Å². The molecule has 2 atom stereocenters. The van der Waals surface area contributed by atoms with Gasteiger partial charge in [-0.3, -0.25) is 9.48 Å². The highest BCUT2D eigenvalue weighted by atomic mass is 16.2. The fourth-order valence-electron chi connectivity index (χ4n) is 3.94.